The van der Waals surface area contributed by atoms with Gasteiger partial charge in [0.25, 0.3) is 0 Å². The summed E-state index contributed by atoms with van der Waals surface area (Å²) in [6.07, 6.45) is 7.28. The van der Waals surface area contributed by atoms with Crippen LogP contribution >= 0.6 is 0 Å². The van der Waals surface area contributed by atoms with E-state index in [1.807, 2.05) is 0 Å². The number of rotatable bonds is 14. The van der Waals surface area contributed by atoms with Crippen LogP contribution in [0.5, 0.6) is 0 Å². The summed E-state index contributed by atoms with van der Waals surface area (Å²) in [6.45, 7) is 5.26. The summed E-state index contributed by atoms with van der Waals surface area (Å²) in [7, 11) is -3.42. The molecular weight excluding hydrogens is 588 g/mol. The number of benzene rings is 1. The van der Waals surface area contributed by atoms with Crippen LogP contribution in [-0.2, 0) is 44.9 Å². The fourth-order valence-corrected chi connectivity index (χ4v) is 6.02. The molecule has 3 aliphatic rings. The third kappa shape index (κ3) is 9.68. The van der Waals surface area contributed by atoms with E-state index in [9.17, 15) is 27.6 Å². The second-order valence-electron chi connectivity index (χ2n) is 12.1. The standard InChI is InChI=1S/C31H44N4O8S/c1-20(33-27(36)17-23-18-32-13-14-42-23)29(38)35-26(16-22-9-11-24(12-10-22)44(3,40)41)30(39)34-25(28(37)31(2)19-43-31)15-21-7-5-4-6-8-21/h7,9-12,20,23,25-26,32H,4-6,8,13-19H2,1-3H3,(H,33,36)(H,34,39)(H,35,38)/t20-,23?,25-,26-,31+/m0/s1. The molecule has 0 aromatic heterocycles. The molecular formula is C31H44N4O8S. The summed E-state index contributed by atoms with van der Waals surface area (Å²) >= 11 is 0. The maximum Gasteiger partial charge on any atom is 0.243 e. The number of morpholine rings is 1. The first kappa shape index (κ1) is 33.8. The van der Waals surface area contributed by atoms with E-state index >= 15 is 0 Å². The van der Waals surface area contributed by atoms with E-state index in [2.05, 4.69) is 27.3 Å². The maximum atomic E-state index is 13.8. The predicted molar refractivity (Wildman–Crippen MR) is 162 cm³/mol. The van der Waals surface area contributed by atoms with Crippen molar-refractivity contribution in [2.75, 3.05) is 32.6 Å². The predicted octanol–water partition coefficient (Wildman–Crippen LogP) is 0.734. The Kier molecular flexibility index (Phi) is 11.3. The quantitative estimate of drug-likeness (QED) is 0.170. The molecule has 0 saturated carbocycles. The summed E-state index contributed by atoms with van der Waals surface area (Å²) < 4.78 is 34.8. The minimum absolute atomic E-state index is 0.0290. The molecule has 2 saturated heterocycles. The zero-order valence-electron chi connectivity index (χ0n) is 25.6. The highest BCUT2D eigenvalue weighted by Crippen LogP contribution is 2.31. The maximum absolute atomic E-state index is 13.8. The van der Waals surface area contributed by atoms with E-state index in [-0.39, 0.29) is 42.1 Å². The average Bonchev–Trinajstić information content (AvgIpc) is 3.75. The third-order valence-electron chi connectivity index (χ3n) is 8.20. The Hall–Kier alpha value is -3.13. The van der Waals surface area contributed by atoms with E-state index in [1.54, 1.807) is 19.1 Å². The van der Waals surface area contributed by atoms with Crippen molar-refractivity contribution < 1.29 is 37.1 Å². The van der Waals surface area contributed by atoms with Crippen molar-refractivity contribution >= 4 is 33.3 Å². The van der Waals surface area contributed by atoms with Gasteiger partial charge in [-0.05, 0) is 63.6 Å². The molecule has 5 atom stereocenters. The van der Waals surface area contributed by atoms with E-state index < -0.39 is 45.4 Å². The van der Waals surface area contributed by atoms with Gasteiger partial charge in [-0.25, -0.2) is 8.42 Å². The summed E-state index contributed by atoms with van der Waals surface area (Å²) in [4.78, 5) is 53.1. The molecule has 0 radical (unpaired) electrons. The average molecular weight is 633 g/mol. The largest absolute Gasteiger partial charge is 0.375 e. The first-order valence-electron chi connectivity index (χ1n) is 15.2. The Morgan fingerprint density at radius 3 is 2.32 bits per heavy atom. The second-order valence-corrected chi connectivity index (χ2v) is 14.1. The van der Waals surface area contributed by atoms with Crippen LogP contribution in [0.1, 0.15) is 57.9 Å². The van der Waals surface area contributed by atoms with Crippen molar-refractivity contribution in [3.63, 3.8) is 0 Å². The Labute approximate surface area is 259 Å². The van der Waals surface area contributed by atoms with Gasteiger partial charge < -0.3 is 30.7 Å². The SMILES string of the molecule is C[C@H](NC(=O)CC1CNCCO1)C(=O)N[C@@H](Cc1ccc(S(C)(=O)=O)cc1)C(=O)N[C@@H](CC1=CCCCC1)C(=O)[C@@]1(C)CO1. The summed E-state index contributed by atoms with van der Waals surface area (Å²) in [5.41, 5.74) is 0.750. The summed E-state index contributed by atoms with van der Waals surface area (Å²) in [5.74, 6) is -1.73. The molecule has 1 aliphatic carbocycles. The van der Waals surface area contributed by atoms with Gasteiger partial charge in [0.15, 0.2) is 15.6 Å². The lowest BCUT2D eigenvalue weighted by atomic mass is 9.89. The molecule has 0 bridgehead atoms. The highest BCUT2D eigenvalue weighted by molar-refractivity contribution is 7.90. The number of nitrogens with one attached hydrogen (secondary N) is 4. The molecule has 0 spiro atoms. The molecule has 2 fully saturated rings. The zero-order valence-corrected chi connectivity index (χ0v) is 26.5. The lowest BCUT2D eigenvalue weighted by molar-refractivity contribution is -0.134. The smallest absolute Gasteiger partial charge is 0.243 e. The number of ketones is 1. The van der Waals surface area contributed by atoms with E-state index in [0.29, 0.717) is 31.7 Å². The van der Waals surface area contributed by atoms with Crippen molar-refractivity contribution in [1.82, 2.24) is 21.3 Å². The van der Waals surface area contributed by atoms with Crippen molar-refractivity contribution in [2.45, 2.75) is 93.5 Å². The molecule has 1 aromatic carbocycles. The van der Waals surface area contributed by atoms with Gasteiger partial charge in [0.2, 0.25) is 17.7 Å². The Morgan fingerprint density at radius 2 is 1.73 bits per heavy atom. The van der Waals surface area contributed by atoms with Crippen LogP contribution in [0.3, 0.4) is 0 Å². The van der Waals surface area contributed by atoms with Gasteiger partial charge in [-0.2, -0.15) is 0 Å². The highest BCUT2D eigenvalue weighted by Gasteiger charge is 2.50. The van der Waals surface area contributed by atoms with Crippen LogP contribution in [0.15, 0.2) is 40.8 Å². The van der Waals surface area contributed by atoms with Crippen LogP contribution in [0.25, 0.3) is 0 Å². The van der Waals surface area contributed by atoms with Crippen LogP contribution in [-0.4, -0.2) is 94.3 Å². The topological polar surface area (TPSA) is 172 Å². The molecule has 2 heterocycles. The van der Waals surface area contributed by atoms with Gasteiger partial charge in [0, 0.05) is 25.8 Å². The fourth-order valence-electron chi connectivity index (χ4n) is 5.39. The van der Waals surface area contributed by atoms with Crippen LogP contribution in [0.4, 0.5) is 0 Å². The van der Waals surface area contributed by atoms with Gasteiger partial charge in [0.1, 0.15) is 17.7 Å². The highest BCUT2D eigenvalue weighted by atomic mass is 32.2. The molecule has 2 aliphatic heterocycles. The fraction of sp³-hybridized carbons (Fsp3) is 0.613. The van der Waals surface area contributed by atoms with Crippen LogP contribution in [0.2, 0.25) is 0 Å². The summed E-state index contributed by atoms with van der Waals surface area (Å²) in [6, 6.07) is 3.15. The minimum atomic E-state index is -3.42. The molecule has 3 amide bonds. The van der Waals surface area contributed by atoms with Crippen molar-refractivity contribution in [3.8, 4) is 0 Å². The number of epoxide rings is 1. The second kappa shape index (κ2) is 14.8. The van der Waals surface area contributed by atoms with Gasteiger partial charge in [0.05, 0.1) is 36.7 Å². The molecule has 12 nitrogen and oxygen atoms in total. The number of carbonyl (C=O) groups excluding carboxylic acids is 4. The summed E-state index contributed by atoms with van der Waals surface area (Å²) in [5, 5.41) is 11.4. The van der Waals surface area contributed by atoms with Crippen molar-refractivity contribution in [2.24, 2.45) is 0 Å². The number of hydrogen-bond donors (Lipinski definition) is 4. The number of amides is 3. The number of sulfone groups is 1. The monoisotopic (exact) mass is 632 g/mol. The number of hydrogen-bond acceptors (Lipinski definition) is 9. The molecule has 1 unspecified atom stereocenters. The number of carbonyl (C=O) groups is 4. The van der Waals surface area contributed by atoms with E-state index in [4.69, 9.17) is 9.47 Å². The number of allylic oxidation sites excluding steroid dienone is 1. The Bertz CT molecular complexity index is 1350. The first-order valence-corrected chi connectivity index (χ1v) is 17.1. The van der Waals surface area contributed by atoms with E-state index in [1.165, 1.54) is 19.1 Å². The van der Waals surface area contributed by atoms with Gasteiger partial charge in [-0.3, -0.25) is 19.2 Å². The van der Waals surface area contributed by atoms with Crippen LogP contribution in [0, 0.1) is 0 Å². The third-order valence-corrected chi connectivity index (χ3v) is 9.32. The lowest BCUT2D eigenvalue weighted by Gasteiger charge is -2.27. The van der Waals surface area contributed by atoms with Crippen molar-refractivity contribution in [1.29, 1.82) is 0 Å². The minimum Gasteiger partial charge on any atom is -0.375 e. The molecule has 44 heavy (non-hydrogen) atoms. The Balaban J connectivity index is 1.48. The zero-order chi connectivity index (χ0) is 31.9. The Morgan fingerprint density at radius 1 is 1.02 bits per heavy atom. The van der Waals surface area contributed by atoms with Crippen molar-refractivity contribution in [3.05, 3.63) is 41.5 Å². The number of Topliss-reactive ketones (excluding diaryl/α,β-unsaturated/α-hetero) is 1. The molecule has 13 heteroatoms. The van der Waals surface area contributed by atoms with Gasteiger partial charge >= 0.3 is 0 Å². The van der Waals surface area contributed by atoms with E-state index in [0.717, 1.165) is 37.5 Å². The lowest BCUT2D eigenvalue weighted by Crippen LogP contribution is -2.57. The number of ether oxygens (including phenoxy) is 2. The van der Waals surface area contributed by atoms with Crippen LogP contribution < -0.4 is 21.3 Å². The van der Waals surface area contributed by atoms with Gasteiger partial charge in [-0.1, -0.05) is 23.8 Å². The molecule has 242 valence electrons. The van der Waals surface area contributed by atoms with Gasteiger partial charge in [-0.15, -0.1) is 0 Å². The first-order chi connectivity index (χ1) is 20.8. The normalized spacial score (nSPS) is 23.8. The molecule has 4 rings (SSSR count). The molecule has 1 aromatic rings. The molecule has 4 N–H and O–H groups in total.